The standard InChI is InChI=1S/C17H21ClN4O2S/c1-22-15(20-21-17(22)25-12-11-24-2)9-10-19-16(23)8-7-13-5-3-4-6-14(13)18/h3-8H,9-12H2,1-2H3,(H,19,23)/b8-7+. The Kier molecular flexibility index (Phi) is 7.97. The average Bonchev–Trinajstić information content (AvgIpc) is 2.95. The van der Waals surface area contributed by atoms with E-state index in [4.69, 9.17) is 16.3 Å². The number of nitrogens with zero attached hydrogens (tertiary/aromatic N) is 3. The van der Waals surface area contributed by atoms with Crippen LogP contribution in [0.4, 0.5) is 0 Å². The molecule has 134 valence electrons. The lowest BCUT2D eigenvalue weighted by Gasteiger charge is -2.04. The summed E-state index contributed by atoms with van der Waals surface area (Å²) in [6.07, 6.45) is 3.79. The van der Waals surface area contributed by atoms with Crippen molar-refractivity contribution in [1.29, 1.82) is 0 Å². The number of hydrogen-bond acceptors (Lipinski definition) is 5. The molecular formula is C17H21ClN4O2S. The number of amides is 1. The number of rotatable bonds is 9. The Bertz CT molecular complexity index is 733. The average molecular weight is 381 g/mol. The number of methoxy groups -OCH3 is 1. The Hall–Kier alpha value is -1.83. The number of thioether (sulfide) groups is 1. The zero-order valence-electron chi connectivity index (χ0n) is 14.2. The maximum atomic E-state index is 11.9. The van der Waals surface area contributed by atoms with E-state index in [1.54, 1.807) is 31.0 Å². The van der Waals surface area contributed by atoms with Crippen molar-refractivity contribution in [3.8, 4) is 0 Å². The molecule has 0 atom stereocenters. The lowest BCUT2D eigenvalue weighted by Crippen LogP contribution is -2.24. The van der Waals surface area contributed by atoms with Crippen molar-refractivity contribution in [1.82, 2.24) is 20.1 Å². The summed E-state index contributed by atoms with van der Waals surface area (Å²) in [5.74, 6) is 1.48. The van der Waals surface area contributed by atoms with Crippen LogP contribution in [0, 0.1) is 0 Å². The maximum Gasteiger partial charge on any atom is 0.244 e. The van der Waals surface area contributed by atoms with Gasteiger partial charge in [-0.1, -0.05) is 41.6 Å². The highest BCUT2D eigenvalue weighted by Crippen LogP contribution is 2.16. The number of benzene rings is 1. The fraction of sp³-hybridized carbons (Fsp3) is 0.353. The normalized spacial score (nSPS) is 11.2. The Morgan fingerprint density at radius 3 is 2.96 bits per heavy atom. The Balaban J connectivity index is 1.78. The lowest BCUT2D eigenvalue weighted by atomic mass is 10.2. The molecule has 0 saturated carbocycles. The molecule has 6 nitrogen and oxygen atoms in total. The van der Waals surface area contributed by atoms with Crippen molar-refractivity contribution in [2.24, 2.45) is 7.05 Å². The number of hydrogen-bond donors (Lipinski definition) is 1. The molecule has 0 saturated heterocycles. The molecule has 1 amide bonds. The summed E-state index contributed by atoms with van der Waals surface area (Å²) in [5, 5.41) is 12.6. The minimum Gasteiger partial charge on any atom is -0.384 e. The maximum absolute atomic E-state index is 11.9. The molecule has 25 heavy (non-hydrogen) atoms. The van der Waals surface area contributed by atoms with Crippen molar-refractivity contribution in [3.63, 3.8) is 0 Å². The smallest absolute Gasteiger partial charge is 0.244 e. The monoisotopic (exact) mass is 380 g/mol. The van der Waals surface area contributed by atoms with Gasteiger partial charge in [-0.15, -0.1) is 10.2 Å². The molecule has 8 heteroatoms. The van der Waals surface area contributed by atoms with Crippen LogP contribution in [0.25, 0.3) is 6.08 Å². The van der Waals surface area contributed by atoms with Gasteiger partial charge in [-0.2, -0.15) is 0 Å². The molecule has 1 aromatic heterocycles. The van der Waals surface area contributed by atoms with E-state index in [9.17, 15) is 4.79 Å². The van der Waals surface area contributed by atoms with Crippen LogP contribution in [0.5, 0.6) is 0 Å². The molecular weight excluding hydrogens is 360 g/mol. The van der Waals surface area contributed by atoms with Crippen LogP contribution in [0.3, 0.4) is 0 Å². The van der Waals surface area contributed by atoms with E-state index in [0.29, 0.717) is 24.6 Å². The summed E-state index contributed by atoms with van der Waals surface area (Å²) in [7, 11) is 3.59. The van der Waals surface area contributed by atoms with E-state index in [1.165, 1.54) is 6.08 Å². The molecule has 2 rings (SSSR count). The minimum atomic E-state index is -0.170. The molecule has 0 aliphatic heterocycles. The van der Waals surface area contributed by atoms with E-state index < -0.39 is 0 Å². The number of nitrogens with one attached hydrogen (secondary N) is 1. The highest BCUT2D eigenvalue weighted by atomic mass is 35.5. The molecule has 1 N–H and O–H groups in total. The number of carbonyl (C=O) groups excluding carboxylic acids is 1. The van der Waals surface area contributed by atoms with Crippen LogP contribution in [-0.2, 0) is 23.0 Å². The Labute approximate surface area is 156 Å². The van der Waals surface area contributed by atoms with Gasteiger partial charge in [-0.3, -0.25) is 4.79 Å². The molecule has 0 bridgehead atoms. The first-order valence-electron chi connectivity index (χ1n) is 7.82. The molecule has 0 aliphatic carbocycles. The Morgan fingerprint density at radius 2 is 2.20 bits per heavy atom. The molecule has 1 heterocycles. The molecule has 0 aliphatic rings. The summed E-state index contributed by atoms with van der Waals surface area (Å²) < 4.78 is 6.96. The third kappa shape index (κ3) is 6.19. The minimum absolute atomic E-state index is 0.170. The predicted octanol–water partition coefficient (Wildman–Crippen LogP) is 2.58. The second-order valence-electron chi connectivity index (χ2n) is 5.19. The SMILES string of the molecule is COCCSc1nnc(CCNC(=O)/C=C/c2ccccc2Cl)n1C. The first-order chi connectivity index (χ1) is 12.1. The van der Waals surface area contributed by atoms with Gasteiger partial charge in [0.15, 0.2) is 5.16 Å². The van der Waals surface area contributed by atoms with E-state index >= 15 is 0 Å². The molecule has 2 aromatic rings. The largest absolute Gasteiger partial charge is 0.384 e. The van der Waals surface area contributed by atoms with Gasteiger partial charge in [0.2, 0.25) is 5.91 Å². The Morgan fingerprint density at radius 1 is 1.40 bits per heavy atom. The van der Waals surface area contributed by atoms with Crippen LogP contribution >= 0.6 is 23.4 Å². The van der Waals surface area contributed by atoms with Gasteiger partial charge < -0.3 is 14.6 Å². The second kappa shape index (κ2) is 10.2. The van der Waals surface area contributed by atoms with Crippen molar-refractivity contribution in [3.05, 3.63) is 46.8 Å². The van der Waals surface area contributed by atoms with Crippen molar-refractivity contribution in [2.45, 2.75) is 11.6 Å². The number of halogens is 1. The van der Waals surface area contributed by atoms with Crippen LogP contribution < -0.4 is 5.32 Å². The van der Waals surface area contributed by atoms with Gasteiger partial charge in [0.1, 0.15) is 5.82 Å². The van der Waals surface area contributed by atoms with E-state index in [1.807, 2.05) is 29.8 Å². The molecule has 0 fully saturated rings. The molecule has 0 spiro atoms. The van der Waals surface area contributed by atoms with Crippen LogP contribution in [0.1, 0.15) is 11.4 Å². The van der Waals surface area contributed by atoms with Gasteiger partial charge in [-0.25, -0.2) is 0 Å². The summed E-state index contributed by atoms with van der Waals surface area (Å²) in [6, 6.07) is 7.37. The number of carbonyl (C=O) groups is 1. The highest BCUT2D eigenvalue weighted by molar-refractivity contribution is 7.99. The summed E-state index contributed by atoms with van der Waals surface area (Å²) in [5.41, 5.74) is 0.811. The van der Waals surface area contributed by atoms with Gasteiger partial charge in [0.25, 0.3) is 0 Å². The highest BCUT2D eigenvalue weighted by Gasteiger charge is 2.09. The van der Waals surface area contributed by atoms with Crippen molar-refractivity contribution < 1.29 is 9.53 Å². The summed E-state index contributed by atoms with van der Waals surface area (Å²) in [4.78, 5) is 11.9. The molecule has 0 radical (unpaired) electrons. The summed E-state index contributed by atoms with van der Waals surface area (Å²) in [6.45, 7) is 1.15. The van der Waals surface area contributed by atoms with Crippen molar-refractivity contribution >= 4 is 35.3 Å². The number of aromatic nitrogens is 3. The van der Waals surface area contributed by atoms with Crippen LogP contribution in [-0.4, -0.2) is 46.7 Å². The first-order valence-corrected chi connectivity index (χ1v) is 9.18. The third-order valence-corrected chi connectivity index (χ3v) is 4.74. The van der Waals surface area contributed by atoms with Crippen LogP contribution in [0.15, 0.2) is 35.5 Å². The van der Waals surface area contributed by atoms with Gasteiger partial charge >= 0.3 is 0 Å². The van der Waals surface area contributed by atoms with Gasteiger partial charge in [0.05, 0.1) is 6.61 Å². The fourth-order valence-electron chi connectivity index (χ4n) is 2.04. The zero-order chi connectivity index (χ0) is 18.1. The molecule has 1 aromatic carbocycles. The molecule has 0 unspecified atom stereocenters. The first kappa shape index (κ1) is 19.5. The van der Waals surface area contributed by atoms with Gasteiger partial charge in [0, 0.05) is 44.0 Å². The van der Waals surface area contributed by atoms with E-state index in [-0.39, 0.29) is 5.91 Å². The number of ether oxygens (including phenoxy) is 1. The zero-order valence-corrected chi connectivity index (χ0v) is 15.8. The van der Waals surface area contributed by atoms with Crippen LogP contribution in [0.2, 0.25) is 5.02 Å². The van der Waals surface area contributed by atoms with E-state index in [2.05, 4.69) is 15.5 Å². The fourth-order valence-corrected chi connectivity index (χ4v) is 3.07. The topological polar surface area (TPSA) is 69.0 Å². The third-order valence-electron chi connectivity index (χ3n) is 3.41. The lowest BCUT2D eigenvalue weighted by molar-refractivity contribution is -0.116. The quantitative estimate of drug-likeness (QED) is 0.411. The van der Waals surface area contributed by atoms with Gasteiger partial charge in [-0.05, 0) is 17.7 Å². The van der Waals surface area contributed by atoms with Crippen molar-refractivity contribution in [2.75, 3.05) is 26.0 Å². The predicted molar refractivity (Wildman–Crippen MR) is 101 cm³/mol. The van der Waals surface area contributed by atoms with E-state index in [0.717, 1.165) is 22.3 Å². The second-order valence-corrected chi connectivity index (χ2v) is 6.66. The summed E-state index contributed by atoms with van der Waals surface area (Å²) >= 11 is 7.64.